The third-order valence-corrected chi connectivity index (χ3v) is 2.48. The molecule has 0 aromatic heterocycles. The molecule has 0 saturated carbocycles. The maximum atomic E-state index is 11.6. The van der Waals surface area contributed by atoms with Crippen molar-refractivity contribution < 1.29 is 9.59 Å². The molecule has 0 spiro atoms. The van der Waals surface area contributed by atoms with E-state index < -0.39 is 0 Å². The average molecular weight is 198 g/mol. The molecule has 4 nitrogen and oxygen atoms in total. The van der Waals surface area contributed by atoms with Crippen LogP contribution in [0.15, 0.2) is 0 Å². The summed E-state index contributed by atoms with van der Waals surface area (Å²) < 4.78 is 0. The monoisotopic (exact) mass is 198 g/mol. The van der Waals surface area contributed by atoms with Crippen molar-refractivity contribution in [2.45, 2.75) is 39.2 Å². The Morgan fingerprint density at radius 1 is 1.43 bits per heavy atom. The van der Waals surface area contributed by atoms with Gasteiger partial charge in [-0.2, -0.15) is 0 Å². The number of nitrogens with zero attached hydrogens (tertiary/aromatic N) is 1. The van der Waals surface area contributed by atoms with Crippen LogP contribution < -0.4 is 5.32 Å². The molecule has 1 fully saturated rings. The molecule has 1 aliphatic rings. The Morgan fingerprint density at radius 2 is 2.14 bits per heavy atom. The first kappa shape index (κ1) is 11.2. The van der Waals surface area contributed by atoms with Gasteiger partial charge in [0.1, 0.15) is 0 Å². The van der Waals surface area contributed by atoms with Crippen molar-refractivity contribution in [1.29, 1.82) is 0 Å². The van der Waals surface area contributed by atoms with Gasteiger partial charge in [-0.3, -0.25) is 19.8 Å². The number of piperazine rings is 1. The molecule has 1 atom stereocenters. The lowest BCUT2D eigenvalue weighted by atomic mass is 10.2. The molecule has 4 heteroatoms. The number of unbranched alkanes of at least 4 members (excludes halogenated alkanes) is 2. The number of carbonyl (C=O) groups is 2. The van der Waals surface area contributed by atoms with Gasteiger partial charge in [0.25, 0.3) is 0 Å². The molecule has 80 valence electrons. The molecule has 1 N–H and O–H groups in total. The molecule has 1 unspecified atom stereocenters. The minimum atomic E-state index is -0.214. The van der Waals surface area contributed by atoms with Crippen LogP contribution in [0.1, 0.15) is 33.1 Å². The van der Waals surface area contributed by atoms with Gasteiger partial charge in [-0.1, -0.05) is 19.8 Å². The summed E-state index contributed by atoms with van der Waals surface area (Å²) in [6.07, 6.45) is 3.09. The Morgan fingerprint density at radius 3 is 2.79 bits per heavy atom. The van der Waals surface area contributed by atoms with E-state index >= 15 is 0 Å². The Kier molecular flexibility index (Phi) is 4.07. The van der Waals surface area contributed by atoms with Gasteiger partial charge < -0.3 is 0 Å². The Balaban J connectivity index is 2.46. The molecule has 1 heterocycles. The molecule has 14 heavy (non-hydrogen) atoms. The second-order valence-electron chi connectivity index (χ2n) is 3.69. The minimum Gasteiger partial charge on any atom is -0.298 e. The number of nitrogens with one attached hydrogen (secondary N) is 1. The van der Waals surface area contributed by atoms with Gasteiger partial charge in [0, 0.05) is 6.54 Å². The third-order valence-electron chi connectivity index (χ3n) is 2.48. The van der Waals surface area contributed by atoms with Crippen molar-refractivity contribution in [1.82, 2.24) is 10.2 Å². The van der Waals surface area contributed by atoms with Crippen molar-refractivity contribution in [3.63, 3.8) is 0 Å². The predicted octanol–water partition coefficient (Wildman–Crippen LogP) is 0.523. The number of hydrogen-bond donors (Lipinski definition) is 1. The van der Waals surface area contributed by atoms with E-state index in [1.165, 1.54) is 4.90 Å². The highest BCUT2D eigenvalue weighted by Crippen LogP contribution is 2.05. The van der Waals surface area contributed by atoms with Gasteiger partial charge in [-0.25, -0.2) is 0 Å². The highest BCUT2D eigenvalue weighted by molar-refractivity contribution is 6.00. The van der Waals surface area contributed by atoms with Gasteiger partial charge in [-0.15, -0.1) is 0 Å². The van der Waals surface area contributed by atoms with Crippen molar-refractivity contribution in [3.8, 4) is 0 Å². The highest BCUT2D eigenvalue weighted by atomic mass is 16.2. The molecule has 1 rings (SSSR count). The second kappa shape index (κ2) is 5.10. The molecule has 2 amide bonds. The van der Waals surface area contributed by atoms with E-state index in [-0.39, 0.29) is 17.9 Å². The lowest BCUT2D eigenvalue weighted by Gasteiger charge is -2.29. The summed E-state index contributed by atoms with van der Waals surface area (Å²) in [5.74, 6) is -0.179. The van der Waals surface area contributed by atoms with Crippen LogP contribution in [0.2, 0.25) is 0 Å². The molecule has 0 radical (unpaired) electrons. The summed E-state index contributed by atoms with van der Waals surface area (Å²) in [4.78, 5) is 24.3. The molecule has 1 saturated heterocycles. The lowest BCUT2D eigenvalue weighted by Crippen LogP contribution is -2.57. The zero-order valence-corrected chi connectivity index (χ0v) is 8.88. The van der Waals surface area contributed by atoms with Crippen LogP contribution in [0.3, 0.4) is 0 Å². The van der Waals surface area contributed by atoms with Gasteiger partial charge in [0.2, 0.25) is 11.8 Å². The molecular formula is C10H18N2O2. The zero-order valence-electron chi connectivity index (χ0n) is 8.88. The Labute approximate surface area is 84.7 Å². The molecule has 0 bridgehead atoms. The first-order chi connectivity index (χ1) is 6.66. The summed E-state index contributed by atoms with van der Waals surface area (Å²) in [5, 5.41) is 2.86. The van der Waals surface area contributed by atoms with Crippen LogP contribution in [0.4, 0.5) is 0 Å². The summed E-state index contributed by atoms with van der Waals surface area (Å²) in [6.45, 7) is 4.77. The topological polar surface area (TPSA) is 49.4 Å². The van der Waals surface area contributed by atoms with E-state index in [0.717, 1.165) is 19.3 Å². The molecule has 1 aliphatic heterocycles. The molecule has 0 aliphatic carbocycles. The molecular weight excluding hydrogens is 180 g/mol. The van der Waals surface area contributed by atoms with Crippen LogP contribution in [0, 0.1) is 0 Å². The van der Waals surface area contributed by atoms with E-state index in [1.54, 1.807) is 6.92 Å². The second-order valence-corrected chi connectivity index (χ2v) is 3.69. The highest BCUT2D eigenvalue weighted by Gasteiger charge is 2.30. The van der Waals surface area contributed by atoms with Gasteiger partial charge in [0.15, 0.2) is 0 Å². The fourth-order valence-electron chi connectivity index (χ4n) is 1.53. The van der Waals surface area contributed by atoms with Crippen LogP contribution in [-0.4, -0.2) is 35.8 Å². The smallest absolute Gasteiger partial charge is 0.246 e. The lowest BCUT2D eigenvalue weighted by molar-refractivity contribution is -0.148. The van der Waals surface area contributed by atoms with Gasteiger partial charge in [0.05, 0.1) is 12.6 Å². The quantitative estimate of drug-likeness (QED) is 0.529. The van der Waals surface area contributed by atoms with E-state index in [1.807, 2.05) is 0 Å². The summed E-state index contributed by atoms with van der Waals surface area (Å²) in [6, 6.07) is -0.214. The number of imide groups is 1. The van der Waals surface area contributed by atoms with Gasteiger partial charge in [-0.05, 0) is 13.3 Å². The maximum Gasteiger partial charge on any atom is 0.246 e. The number of carbonyl (C=O) groups excluding carboxylic acids is 2. The van der Waals surface area contributed by atoms with Crippen LogP contribution in [-0.2, 0) is 9.59 Å². The normalized spacial score (nSPS) is 23.0. The number of rotatable bonds is 4. The maximum absolute atomic E-state index is 11.6. The number of hydrogen-bond acceptors (Lipinski definition) is 3. The van der Waals surface area contributed by atoms with E-state index in [2.05, 4.69) is 12.2 Å². The van der Waals surface area contributed by atoms with Gasteiger partial charge >= 0.3 is 0 Å². The van der Waals surface area contributed by atoms with Crippen molar-refractivity contribution in [2.24, 2.45) is 0 Å². The number of amides is 2. The summed E-state index contributed by atoms with van der Waals surface area (Å²) in [7, 11) is 0. The SMILES string of the molecule is CCCCCN1C(=O)CNC(C)C1=O. The fraction of sp³-hybridized carbons (Fsp3) is 0.800. The van der Waals surface area contributed by atoms with E-state index in [9.17, 15) is 9.59 Å². The first-order valence-electron chi connectivity index (χ1n) is 5.24. The fourth-order valence-corrected chi connectivity index (χ4v) is 1.53. The third kappa shape index (κ3) is 2.54. The standard InChI is InChI=1S/C10H18N2O2/c1-3-4-5-6-12-9(13)7-11-8(2)10(12)14/h8,11H,3-7H2,1-2H3. The van der Waals surface area contributed by atoms with Crippen LogP contribution in [0.25, 0.3) is 0 Å². The summed E-state index contributed by atoms with van der Waals surface area (Å²) in [5.41, 5.74) is 0. The van der Waals surface area contributed by atoms with Crippen molar-refractivity contribution in [2.75, 3.05) is 13.1 Å². The molecule has 0 aromatic carbocycles. The zero-order chi connectivity index (χ0) is 10.6. The minimum absolute atomic E-state index is 0.0858. The Bertz CT molecular complexity index is 228. The predicted molar refractivity (Wildman–Crippen MR) is 53.7 cm³/mol. The van der Waals surface area contributed by atoms with Crippen LogP contribution in [0.5, 0.6) is 0 Å². The van der Waals surface area contributed by atoms with Crippen molar-refractivity contribution in [3.05, 3.63) is 0 Å². The van der Waals surface area contributed by atoms with Crippen LogP contribution >= 0.6 is 0 Å². The van der Waals surface area contributed by atoms with Crippen molar-refractivity contribution >= 4 is 11.8 Å². The Hall–Kier alpha value is -0.900. The molecule has 0 aromatic rings. The average Bonchev–Trinajstić information content (AvgIpc) is 2.18. The van der Waals surface area contributed by atoms with E-state index in [4.69, 9.17) is 0 Å². The first-order valence-corrected chi connectivity index (χ1v) is 5.24. The summed E-state index contributed by atoms with van der Waals surface area (Å²) >= 11 is 0. The largest absolute Gasteiger partial charge is 0.298 e. The van der Waals surface area contributed by atoms with E-state index in [0.29, 0.717) is 13.1 Å².